The molecule has 0 fully saturated rings. The van der Waals surface area contributed by atoms with Crippen LogP contribution in [0.5, 0.6) is 5.75 Å². The average Bonchev–Trinajstić information content (AvgIpc) is 2.85. The number of hydrogen-bond acceptors (Lipinski definition) is 1. The van der Waals surface area contributed by atoms with E-state index in [2.05, 4.69) is 50.6 Å². The first kappa shape index (κ1) is 13.4. The minimum absolute atomic E-state index is 0.219. The highest BCUT2D eigenvalue weighted by atomic mass is 16.5. The lowest BCUT2D eigenvalue weighted by atomic mass is 9.81. The highest BCUT2D eigenvalue weighted by Gasteiger charge is 2.39. The Balaban J connectivity index is 2.21. The van der Waals surface area contributed by atoms with Crippen molar-refractivity contribution in [1.82, 2.24) is 0 Å². The summed E-state index contributed by atoms with van der Waals surface area (Å²) in [5.74, 6) is 0.968. The van der Waals surface area contributed by atoms with Crippen molar-refractivity contribution in [3.63, 3.8) is 0 Å². The molecule has 0 atom stereocenters. The van der Waals surface area contributed by atoms with E-state index in [0.717, 1.165) is 18.7 Å². The minimum atomic E-state index is 0.219. The van der Waals surface area contributed by atoms with Gasteiger partial charge in [0.25, 0.3) is 0 Å². The van der Waals surface area contributed by atoms with E-state index in [1.807, 2.05) is 0 Å². The quantitative estimate of drug-likeness (QED) is 0.711. The van der Waals surface area contributed by atoms with E-state index < -0.39 is 0 Å². The van der Waals surface area contributed by atoms with Gasteiger partial charge in [-0.15, -0.1) is 0 Å². The first-order valence-electron chi connectivity index (χ1n) is 7.40. The number of methoxy groups -OCH3 is 1. The second kappa shape index (κ2) is 4.47. The fraction of sp³-hybridized carbons (Fsp3) is 0.500. The van der Waals surface area contributed by atoms with E-state index in [1.54, 1.807) is 18.3 Å². The van der Waals surface area contributed by atoms with E-state index >= 15 is 0 Å². The Kier molecular flexibility index (Phi) is 3.00. The Hall–Kier alpha value is -1.57. The lowest BCUT2D eigenvalue weighted by Gasteiger charge is -2.21. The molecule has 0 N–H and O–H groups in total. The first-order chi connectivity index (χ1) is 9.44. The number of nitrogens with zero attached hydrogens (tertiary/aromatic N) is 1. The van der Waals surface area contributed by atoms with Gasteiger partial charge in [0.15, 0.2) is 5.71 Å². The largest absolute Gasteiger partial charge is 0.497 e. The smallest absolute Gasteiger partial charge is 0.176 e. The normalized spacial score (nSPS) is 24.2. The maximum atomic E-state index is 5.38. The Labute approximate surface area is 121 Å². The Morgan fingerprint density at radius 2 is 2.00 bits per heavy atom. The van der Waals surface area contributed by atoms with Gasteiger partial charge in [0.2, 0.25) is 0 Å². The van der Waals surface area contributed by atoms with E-state index in [4.69, 9.17) is 4.74 Å². The van der Waals surface area contributed by atoms with Gasteiger partial charge in [-0.25, -0.2) is 4.58 Å². The van der Waals surface area contributed by atoms with E-state index in [-0.39, 0.29) is 5.41 Å². The van der Waals surface area contributed by atoms with Crippen molar-refractivity contribution in [2.45, 2.75) is 33.6 Å². The van der Waals surface area contributed by atoms with Gasteiger partial charge in [0.05, 0.1) is 7.11 Å². The molecule has 106 valence electrons. The molecular formula is C18H24NO+. The summed E-state index contributed by atoms with van der Waals surface area (Å²) in [6.45, 7) is 8.14. The van der Waals surface area contributed by atoms with Gasteiger partial charge in [-0.05, 0) is 40.7 Å². The molecule has 0 saturated heterocycles. The van der Waals surface area contributed by atoms with Crippen LogP contribution in [0.15, 0.2) is 23.8 Å². The van der Waals surface area contributed by atoms with Crippen LogP contribution in [0.2, 0.25) is 0 Å². The highest BCUT2D eigenvalue weighted by Crippen LogP contribution is 2.49. The van der Waals surface area contributed by atoms with Crippen molar-refractivity contribution in [2.24, 2.45) is 5.41 Å². The van der Waals surface area contributed by atoms with Crippen LogP contribution in [0.1, 0.15) is 38.3 Å². The summed E-state index contributed by atoms with van der Waals surface area (Å²) in [7, 11) is 3.94. The number of fused-ring (bicyclic) bond motifs is 1. The zero-order valence-electron chi connectivity index (χ0n) is 13.2. The van der Waals surface area contributed by atoms with Crippen LogP contribution < -0.4 is 4.74 Å². The molecule has 2 nitrogen and oxygen atoms in total. The van der Waals surface area contributed by atoms with Crippen molar-refractivity contribution in [3.8, 4) is 5.75 Å². The molecule has 2 aliphatic rings. The molecule has 1 aromatic carbocycles. The molecule has 20 heavy (non-hydrogen) atoms. The molecule has 0 amide bonds. The Morgan fingerprint density at radius 1 is 1.25 bits per heavy atom. The van der Waals surface area contributed by atoms with Crippen molar-refractivity contribution in [1.29, 1.82) is 0 Å². The second-order valence-corrected chi connectivity index (χ2v) is 6.69. The van der Waals surface area contributed by atoms with Crippen molar-refractivity contribution < 1.29 is 9.31 Å². The molecule has 0 aromatic heterocycles. The zero-order valence-corrected chi connectivity index (χ0v) is 13.2. The summed E-state index contributed by atoms with van der Waals surface area (Å²) in [6.07, 6.45) is 2.28. The topological polar surface area (TPSA) is 12.2 Å². The number of hydrogen-bond donors (Lipinski definition) is 0. The van der Waals surface area contributed by atoms with E-state index in [1.165, 1.54) is 23.3 Å². The average molecular weight is 270 g/mol. The highest BCUT2D eigenvalue weighted by molar-refractivity contribution is 6.04. The maximum Gasteiger partial charge on any atom is 0.176 e. The third-order valence-electron chi connectivity index (χ3n) is 4.90. The van der Waals surface area contributed by atoms with Gasteiger partial charge in [-0.3, -0.25) is 0 Å². The molecule has 0 radical (unpaired) electrons. The molecular weight excluding hydrogens is 246 g/mol. The van der Waals surface area contributed by atoms with Gasteiger partial charge in [0, 0.05) is 18.9 Å². The summed E-state index contributed by atoms with van der Waals surface area (Å²) >= 11 is 0. The number of benzene rings is 1. The monoisotopic (exact) mass is 270 g/mol. The molecule has 0 bridgehead atoms. The van der Waals surface area contributed by atoms with Crippen LogP contribution in [0.25, 0.3) is 5.57 Å². The van der Waals surface area contributed by atoms with Crippen LogP contribution in [0, 0.1) is 5.41 Å². The Bertz CT molecular complexity index is 635. The van der Waals surface area contributed by atoms with Crippen LogP contribution >= 0.6 is 0 Å². The number of allylic oxidation sites excluding steroid dienone is 1. The number of rotatable bonds is 1. The lowest BCUT2D eigenvalue weighted by Crippen LogP contribution is -2.14. The van der Waals surface area contributed by atoms with E-state index in [9.17, 15) is 0 Å². The minimum Gasteiger partial charge on any atom is -0.497 e. The van der Waals surface area contributed by atoms with Crippen LogP contribution in [-0.2, 0) is 6.42 Å². The van der Waals surface area contributed by atoms with Crippen molar-refractivity contribution in [2.75, 3.05) is 20.7 Å². The zero-order chi connectivity index (χ0) is 14.5. The maximum absolute atomic E-state index is 5.38. The SMILES string of the molecule is COc1ccc2c(c1)CC(C)(C)/C2=C1/CC[N+](C)=C1C. The lowest BCUT2D eigenvalue weighted by molar-refractivity contribution is -0.489. The summed E-state index contributed by atoms with van der Waals surface area (Å²) < 4.78 is 7.75. The number of ether oxygens (including phenoxy) is 1. The molecule has 1 heterocycles. The summed E-state index contributed by atoms with van der Waals surface area (Å²) in [5.41, 5.74) is 7.63. The molecule has 0 saturated carbocycles. The van der Waals surface area contributed by atoms with Gasteiger partial charge >= 0.3 is 0 Å². The molecule has 1 aromatic rings. The predicted octanol–water partition coefficient (Wildman–Crippen LogP) is 3.54. The van der Waals surface area contributed by atoms with Crippen molar-refractivity contribution >= 4 is 11.3 Å². The predicted molar refractivity (Wildman–Crippen MR) is 83.7 cm³/mol. The third kappa shape index (κ3) is 1.90. The Morgan fingerprint density at radius 3 is 2.60 bits per heavy atom. The van der Waals surface area contributed by atoms with E-state index in [0.29, 0.717) is 0 Å². The summed E-state index contributed by atoms with van der Waals surface area (Å²) in [5, 5.41) is 0. The fourth-order valence-corrected chi connectivity index (χ4v) is 3.75. The van der Waals surface area contributed by atoms with Crippen LogP contribution in [0.3, 0.4) is 0 Å². The standard InChI is InChI=1S/C18H24NO/c1-12-15(8-9-19(12)4)17-16-7-6-14(20-5)10-13(16)11-18(17,2)3/h6-7,10H,8-9,11H2,1-5H3/q+1/b17-15-. The molecule has 0 unspecified atom stereocenters. The summed E-state index contributed by atoms with van der Waals surface area (Å²) in [6, 6.07) is 6.55. The fourth-order valence-electron chi connectivity index (χ4n) is 3.75. The van der Waals surface area contributed by atoms with Crippen LogP contribution in [0.4, 0.5) is 0 Å². The molecule has 1 aliphatic heterocycles. The summed E-state index contributed by atoms with van der Waals surface area (Å²) in [4.78, 5) is 0. The van der Waals surface area contributed by atoms with Crippen molar-refractivity contribution in [3.05, 3.63) is 34.9 Å². The molecule has 2 heteroatoms. The van der Waals surface area contributed by atoms with Gasteiger partial charge in [-0.2, -0.15) is 0 Å². The van der Waals surface area contributed by atoms with Gasteiger partial charge in [-0.1, -0.05) is 19.9 Å². The molecule has 1 aliphatic carbocycles. The van der Waals surface area contributed by atoms with Gasteiger partial charge < -0.3 is 4.74 Å². The van der Waals surface area contributed by atoms with Crippen LogP contribution in [-0.4, -0.2) is 31.0 Å². The van der Waals surface area contributed by atoms with Gasteiger partial charge in [0.1, 0.15) is 19.3 Å². The molecule has 3 rings (SSSR count). The molecule has 0 spiro atoms. The third-order valence-corrected chi connectivity index (χ3v) is 4.90. The first-order valence-corrected chi connectivity index (χ1v) is 7.40. The second-order valence-electron chi connectivity index (χ2n) is 6.69.